The Hall–Kier alpha value is -2.11. The summed E-state index contributed by atoms with van der Waals surface area (Å²) in [5.74, 6) is 0.822. The first-order chi connectivity index (χ1) is 9.30. The number of aromatic nitrogens is 2. The van der Waals surface area contributed by atoms with Crippen LogP contribution in [0.4, 0.5) is 5.95 Å². The summed E-state index contributed by atoms with van der Waals surface area (Å²) in [5.41, 5.74) is 2.85. The Morgan fingerprint density at radius 1 is 1.37 bits per heavy atom. The van der Waals surface area contributed by atoms with Crippen molar-refractivity contribution in [1.82, 2.24) is 14.9 Å². The molecule has 0 radical (unpaired) electrons. The van der Waals surface area contributed by atoms with Gasteiger partial charge >= 0.3 is 0 Å². The molecule has 3 rings (SSSR count). The lowest BCUT2D eigenvalue weighted by atomic mass is 10.1. The van der Waals surface area contributed by atoms with E-state index in [4.69, 9.17) is 5.11 Å². The van der Waals surface area contributed by atoms with Crippen molar-refractivity contribution in [3.8, 4) is 11.3 Å². The van der Waals surface area contributed by atoms with Gasteiger partial charge in [0.2, 0.25) is 5.95 Å². The van der Waals surface area contributed by atoms with E-state index in [1.54, 1.807) is 0 Å². The van der Waals surface area contributed by atoms with Crippen LogP contribution in [0.5, 0.6) is 0 Å². The van der Waals surface area contributed by atoms with Gasteiger partial charge in [0.05, 0.1) is 12.3 Å². The molecule has 0 spiro atoms. The molecule has 0 saturated carbocycles. The van der Waals surface area contributed by atoms with E-state index in [-0.39, 0.29) is 12.8 Å². The van der Waals surface area contributed by atoms with Crippen LogP contribution in [0, 0.1) is 0 Å². The maximum Gasteiger partial charge on any atom is 0.209 e. The quantitative estimate of drug-likeness (QED) is 0.778. The van der Waals surface area contributed by atoms with Crippen molar-refractivity contribution in [2.24, 2.45) is 0 Å². The van der Waals surface area contributed by atoms with Crippen molar-refractivity contribution < 1.29 is 5.11 Å². The van der Waals surface area contributed by atoms with Crippen LogP contribution in [0.1, 0.15) is 5.56 Å². The van der Waals surface area contributed by atoms with Crippen molar-refractivity contribution >= 4 is 12.1 Å². The summed E-state index contributed by atoms with van der Waals surface area (Å²) in [5, 5.41) is 15.4. The average Bonchev–Trinajstić information content (AvgIpc) is 2.90. The molecule has 1 unspecified atom stereocenters. The van der Waals surface area contributed by atoms with E-state index >= 15 is 0 Å². The van der Waals surface area contributed by atoms with Crippen LogP contribution in [0.25, 0.3) is 17.5 Å². The van der Waals surface area contributed by atoms with Gasteiger partial charge in [0.15, 0.2) is 0 Å². The normalized spacial score (nSPS) is 17.1. The molecule has 1 aliphatic heterocycles. The highest BCUT2D eigenvalue weighted by Crippen LogP contribution is 2.23. The number of rotatable bonds is 3. The molecule has 0 amide bonds. The fourth-order valence-electron chi connectivity index (χ4n) is 2.07. The summed E-state index contributed by atoms with van der Waals surface area (Å²) in [6, 6.07) is 7.76. The Morgan fingerprint density at radius 3 is 2.84 bits per heavy atom. The second-order valence-corrected chi connectivity index (χ2v) is 4.46. The second kappa shape index (κ2) is 4.87. The van der Waals surface area contributed by atoms with Gasteiger partial charge in [-0.25, -0.2) is 4.98 Å². The Bertz CT molecular complexity index is 600. The van der Waals surface area contributed by atoms with Gasteiger partial charge in [0.25, 0.3) is 0 Å². The summed E-state index contributed by atoms with van der Waals surface area (Å²) < 4.78 is 1.96. The lowest BCUT2D eigenvalue weighted by Gasteiger charge is -2.18. The summed E-state index contributed by atoms with van der Waals surface area (Å²) in [7, 11) is 1.90. The largest absolute Gasteiger partial charge is 0.392 e. The average molecular weight is 256 g/mol. The summed E-state index contributed by atoms with van der Waals surface area (Å²) in [6.07, 6.45) is 6.12. The third kappa shape index (κ3) is 2.25. The Morgan fingerprint density at radius 2 is 2.16 bits per heavy atom. The molecule has 2 heterocycles. The minimum absolute atomic E-state index is 0.0636. The van der Waals surface area contributed by atoms with Crippen LogP contribution in [-0.2, 0) is 6.61 Å². The molecular formula is C14H16N4O. The molecule has 0 bridgehead atoms. The van der Waals surface area contributed by atoms with E-state index in [1.165, 1.54) is 0 Å². The molecule has 2 aromatic rings. The second-order valence-electron chi connectivity index (χ2n) is 4.46. The number of nitrogens with one attached hydrogen (secondary N) is 2. The fourth-order valence-corrected chi connectivity index (χ4v) is 2.07. The molecule has 0 saturated heterocycles. The van der Waals surface area contributed by atoms with Crippen LogP contribution in [-0.4, -0.2) is 27.9 Å². The third-order valence-corrected chi connectivity index (χ3v) is 3.20. The number of aliphatic hydroxyl groups excluding tert-OH is 1. The first-order valence-corrected chi connectivity index (χ1v) is 6.21. The zero-order valence-electron chi connectivity index (χ0n) is 10.7. The maximum atomic E-state index is 9.04. The van der Waals surface area contributed by atoms with E-state index in [9.17, 15) is 0 Å². The first kappa shape index (κ1) is 12.0. The number of benzene rings is 1. The van der Waals surface area contributed by atoms with E-state index in [0.717, 1.165) is 22.8 Å². The van der Waals surface area contributed by atoms with Crippen LogP contribution < -0.4 is 10.6 Å². The van der Waals surface area contributed by atoms with Gasteiger partial charge in [0.1, 0.15) is 6.17 Å². The number of likely N-dealkylation sites (N-methyl/N-ethyl adjacent to an activating group) is 1. The maximum absolute atomic E-state index is 9.04. The Labute approximate surface area is 111 Å². The summed E-state index contributed by atoms with van der Waals surface area (Å²) in [4.78, 5) is 4.57. The molecular weight excluding hydrogens is 240 g/mol. The Balaban J connectivity index is 1.91. The molecule has 3 N–H and O–H groups in total. The fraction of sp³-hybridized carbons (Fsp3) is 0.214. The van der Waals surface area contributed by atoms with Crippen molar-refractivity contribution in [2.45, 2.75) is 12.8 Å². The van der Waals surface area contributed by atoms with Crippen LogP contribution in [0.3, 0.4) is 0 Å². The first-order valence-electron chi connectivity index (χ1n) is 6.21. The molecule has 19 heavy (non-hydrogen) atoms. The highest BCUT2D eigenvalue weighted by atomic mass is 16.3. The smallest absolute Gasteiger partial charge is 0.209 e. The number of hydrogen-bond acceptors (Lipinski definition) is 4. The minimum Gasteiger partial charge on any atom is -0.392 e. The standard InChI is InChI=1S/C14H16N4O/c1-15-13-6-7-18-8-12(16-14(18)17-13)11-4-2-10(9-19)3-5-11/h2-8,13,15,19H,9H2,1H3,(H,16,17). The Kier molecular flexibility index (Phi) is 3.06. The zero-order chi connectivity index (χ0) is 13.2. The van der Waals surface area contributed by atoms with Gasteiger partial charge in [0, 0.05) is 18.0 Å². The van der Waals surface area contributed by atoms with Gasteiger partial charge in [-0.05, 0) is 18.7 Å². The van der Waals surface area contributed by atoms with E-state index in [2.05, 4.69) is 15.6 Å². The number of anilines is 1. The molecule has 1 aromatic carbocycles. The van der Waals surface area contributed by atoms with Crippen LogP contribution in [0.2, 0.25) is 0 Å². The molecule has 5 heteroatoms. The molecule has 1 aliphatic rings. The van der Waals surface area contributed by atoms with E-state index in [0.29, 0.717) is 0 Å². The van der Waals surface area contributed by atoms with Gasteiger partial charge in [-0.3, -0.25) is 9.88 Å². The minimum atomic E-state index is 0.0636. The molecule has 5 nitrogen and oxygen atoms in total. The van der Waals surface area contributed by atoms with E-state index < -0.39 is 0 Å². The number of fused-ring (bicyclic) bond motifs is 1. The highest BCUT2D eigenvalue weighted by Gasteiger charge is 2.14. The zero-order valence-corrected chi connectivity index (χ0v) is 10.7. The van der Waals surface area contributed by atoms with Crippen LogP contribution in [0.15, 0.2) is 36.5 Å². The molecule has 0 aliphatic carbocycles. The number of nitrogens with zero attached hydrogens (tertiary/aromatic N) is 2. The number of aliphatic hydroxyl groups is 1. The molecule has 98 valence electrons. The number of hydrogen-bond donors (Lipinski definition) is 3. The third-order valence-electron chi connectivity index (χ3n) is 3.20. The van der Waals surface area contributed by atoms with Gasteiger partial charge < -0.3 is 10.4 Å². The topological polar surface area (TPSA) is 62.1 Å². The highest BCUT2D eigenvalue weighted by molar-refractivity contribution is 5.63. The van der Waals surface area contributed by atoms with Gasteiger partial charge in [-0.1, -0.05) is 24.3 Å². The van der Waals surface area contributed by atoms with Crippen molar-refractivity contribution in [3.63, 3.8) is 0 Å². The van der Waals surface area contributed by atoms with Crippen molar-refractivity contribution in [2.75, 3.05) is 12.4 Å². The lowest BCUT2D eigenvalue weighted by Crippen LogP contribution is -2.34. The predicted octanol–water partition coefficient (Wildman–Crippen LogP) is 1.48. The molecule has 1 aromatic heterocycles. The monoisotopic (exact) mass is 256 g/mol. The SMILES string of the molecule is CNC1C=Cn2cc(-c3ccc(CO)cc3)nc2N1. The van der Waals surface area contributed by atoms with E-state index in [1.807, 2.05) is 54.4 Å². The van der Waals surface area contributed by atoms with Crippen molar-refractivity contribution in [3.05, 3.63) is 42.1 Å². The molecule has 1 atom stereocenters. The van der Waals surface area contributed by atoms with Crippen LogP contribution >= 0.6 is 0 Å². The number of imidazole rings is 1. The summed E-state index contributed by atoms with van der Waals surface area (Å²) >= 11 is 0. The molecule has 0 fully saturated rings. The van der Waals surface area contributed by atoms with Gasteiger partial charge in [-0.2, -0.15) is 0 Å². The summed E-state index contributed by atoms with van der Waals surface area (Å²) in [6.45, 7) is 0.0636. The van der Waals surface area contributed by atoms with Gasteiger partial charge in [-0.15, -0.1) is 0 Å². The lowest BCUT2D eigenvalue weighted by molar-refractivity contribution is 0.282. The van der Waals surface area contributed by atoms with Crippen molar-refractivity contribution in [1.29, 1.82) is 0 Å². The predicted molar refractivity (Wildman–Crippen MR) is 75.4 cm³/mol.